The number of aryl methyl sites for hydroxylation is 1. The van der Waals surface area contributed by atoms with Crippen LogP contribution in [0.3, 0.4) is 0 Å². The van der Waals surface area contributed by atoms with E-state index in [0.29, 0.717) is 0 Å². The Balaban J connectivity index is 1.33. The van der Waals surface area contributed by atoms with Gasteiger partial charge in [-0.25, -0.2) is 0 Å². The quantitative estimate of drug-likeness (QED) is 0.223. The van der Waals surface area contributed by atoms with E-state index in [9.17, 15) is 32.4 Å². The number of hydrogen-bond donors (Lipinski definition) is 1. The van der Waals surface area contributed by atoms with E-state index in [1.807, 2.05) is 6.92 Å². The second-order valence-electron chi connectivity index (χ2n) is 8.27. The second kappa shape index (κ2) is 10.1. The largest absolute Gasteiger partial charge is 0.371 e. The number of ketones is 1. The number of Topliss-reactive ketones (excluding diaryl/α,β-unsaturated/α-hetero) is 1. The van der Waals surface area contributed by atoms with Crippen LogP contribution in [-0.2, 0) is 28.6 Å². The number of benzene rings is 2. The Hall–Kier alpha value is -3.74. The lowest BCUT2D eigenvalue weighted by Gasteiger charge is -2.27. The number of nitrogens with zero attached hydrogens (tertiary/aromatic N) is 1. The van der Waals surface area contributed by atoms with Crippen LogP contribution in [0.4, 0.5) is 0 Å². The molecule has 11 nitrogen and oxygen atoms in total. The van der Waals surface area contributed by atoms with Crippen LogP contribution >= 0.6 is 0 Å². The number of hydrogen-bond acceptors (Lipinski definition) is 9. The number of fused-ring (bicyclic) bond motifs is 1. The van der Waals surface area contributed by atoms with Gasteiger partial charge in [0.1, 0.15) is 12.6 Å². The zero-order valence-corrected chi connectivity index (χ0v) is 20.0. The first kappa shape index (κ1) is 25.4. The van der Waals surface area contributed by atoms with Gasteiger partial charge in [0.25, 0.3) is 21.9 Å². The molecule has 2 aromatic carbocycles. The highest BCUT2D eigenvalue weighted by Gasteiger charge is 2.44. The molecule has 12 heteroatoms. The normalized spacial score (nSPS) is 17.8. The lowest BCUT2D eigenvalue weighted by Crippen LogP contribution is -2.54. The van der Waals surface area contributed by atoms with Gasteiger partial charge in [-0.15, -0.1) is 0 Å². The SMILES string of the molecule is Cc1ccc(S(=O)(=O)OCCOCC(=O)c2ccc3c(c2)C(=O)N(C2CCC(=O)NC2=O)C3=O)cc1. The Kier molecular flexibility index (Phi) is 7.11. The highest BCUT2D eigenvalue weighted by molar-refractivity contribution is 7.86. The number of ether oxygens (including phenoxy) is 1. The van der Waals surface area contributed by atoms with Crippen LogP contribution in [-0.4, -0.2) is 68.6 Å². The van der Waals surface area contributed by atoms with Crippen LogP contribution in [0.2, 0.25) is 0 Å². The number of piperidine rings is 1. The van der Waals surface area contributed by atoms with Gasteiger partial charge in [0.15, 0.2) is 5.78 Å². The fourth-order valence-electron chi connectivity index (χ4n) is 3.87. The first-order valence-electron chi connectivity index (χ1n) is 11.0. The molecule has 1 saturated heterocycles. The van der Waals surface area contributed by atoms with Crippen molar-refractivity contribution < 1.29 is 41.3 Å². The van der Waals surface area contributed by atoms with Gasteiger partial charge in [-0.3, -0.25) is 38.4 Å². The minimum absolute atomic E-state index is 0.000914. The summed E-state index contributed by atoms with van der Waals surface area (Å²) in [5, 5.41) is 2.12. The van der Waals surface area contributed by atoms with E-state index in [0.717, 1.165) is 10.5 Å². The summed E-state index contributed by atoms with van der Waals surface area (Å²) in [7, 11) is -3.96. The number of amides is 4. The van der Waals surface area contributed by atoms with Crippen molar-refractivity contribution in [2.75, 3.05) is 19.8 Å². The van der Waals surface area contributed by atoms with Crippen molar-refractivity contribution in [2.45, 2.75) is 30.7 Å². The van der Waals surface area contributed by atoms with E-state index < -0.39 is 52.2 Å². The fourth-order valence-corrected chi connectivity index (χ4v) is 4.76. The van der Waals surface area contributed by atoms with Crippen LogP contribution in [0.5, 0.6) is 0 Å². The maximum atomic E-state index is 12.9. The zero-order valence-electron chi connectivity index (χ0n) is 19.2. The van der Waals surface area contributed by atoms with Gasteiger partial charge in [-0.2, -0.15) is 8.42 Å². The molecular weight excluding hydrogens is 492 g/mol. The van der Waals surface area contributed by atoms with Crippen molar-refractivity contribution in [1.82, 2.24) is 10.2 Å². The van der Waals surface area contributed by atoms with Gasteiger partial charge in [0.05, 0.1) is 29.2 Å². The van der Waals surface area contributed by atoms with Crippen LogP contribution < -0.4 is 5.32 Å². The molecule has 0 bridgehead atoms. The molecule has 2 aromatic rings. The summed E-state index contributed by atoms with van der Waals surface area (Å²) in [6, 6.07) is 8.98. The van der Waals surface area contributed by atoms with Crippen molar-refractivity contribution >= 4 is 39.5 Å². The molecule has 1 atom stereocenters. The Morgan fingerprint density at radius 1 is 1.00 bits per heavy atom. The average Bonchev–Trinajstić information content (AvgIpc) is 3.08. The summed E-state index contributed by atoms with van der Waals surface area (Å²) in [5.41, 5.74) is 1.03. The molecule has 1 unspecified atom stereocenters. The molecule has 0 aliphatic carbocycles. The Bertz CT molecular complexity index is 1370. The van der Waals surface area contributed by atoms with Gasteiger partial charge in [-0.05, 0) is 37.6 Å². The standard InChI is InChI=1S/C24H22N2O9S/c1-14-2-5-16(6-3-14)36(32,33)35-11-10-34-13-20(27)15-4-7-17-18(12-15)24(31)26(23(17)30)19-8-9-21(28)25-22(19)29/h2-7,12,19H,8-11,13H2,1H3,(H,25,28,29). The molecule has 1 fully saturated rings. The topological polar surface area (TPSA) is 153 Å². The second-order valence-corrected chi connectivity index (χ2v) is 9.89. The molecule has 36 heavy (non-hydrogen) atoms. The number of nitrogens with one attached hydrogen (secondary N) is 1. The summed E-state index contributed by atoms with van der Waals surface area (Å²) >= 11 is 0. The molecule has 4 rings (SSSR count). The fraction of sp³-hybridized carbons (Fsp3) is 0.292. The molecule has 0 radical (unpaired) electrons. The smallest absolute Gasteiger partial charge is 0.297 e. The van der Waals surface area contributed by atoms with Crippen molar-refractivity contribution in [3.8, 4) is 0 Å². The Morgan fingerprint density at radius 2 is 1.69 bits per heavy atom. The minimum atomic E-state index is -3.96. The molecule has 2 aliphatic heterocycles. The molecule has 188 valence electrons. The zero-order chi connectivity index (χ0) is 26.0. The number of carbonyl (C=O) groups excluding carboxylic acids is 5. The Morgan fingerprint density at radius 3 is 2.39 bits per heavy atom. The van der Waals surface area contributed by atoms with Gasteiger partial charge >= 0.3 is 0 Å². The number of imide groups is 2. The first-order valence-corrected chi connectivity index (χ1v) is 12.4. The lowest BCUT2D eigenvalue weighted by molar-refractivity contribution is -0.136. The van der Waals surface area contributed by atoms with Crippen molar-refractivity contribution in [1.29, 1.82) is 0 Å². The van der Waals surface area contributed by atoms with Gasteiger partial charge < -0.3 is 4.74 Å². The van der Waals surface area contributed by atoms with Crippen LogP contribution in [0, 0.1) is 6.92 Å². The van der Waals surface area contributed by atoms with Crippen LogP contribution in [0.25, 0.3) is 0 Å². The molecule has 1 N–H and O–H groups in total. The van der Waals surface area contributed by atoms with Gasteiger partial charge in [0.2, 0.25) is 11.8 Å². The third-order valence-electron chi connectivity index (χ3n) is 5.77. The summed E-state index contributed by atoms with van der Waals surface area (Å²) in [6.07, 6.45) is 0.0262. The van der Waals surface area contributed by atoms with E-state index in [1.165, 1.54) is 30.3 Å². The lowest BCUT2D eigenvalue weighted by atomic mass is 10.0. The van der Waals surface area contributed by atoms with E-state index >= 15 is 0 Å². The van der Waals surface area contributed by atoms with Crippen LogP contribution in [0.1, 0.15) is 49.5 Å². The molecule has 0 spiro atoms. The first-order chi connectivity index (χ1) is 17.1. The summed E-state index contributed by atoms with van der Waals surface area (Å²) in [4.78, 5) is 62.4. The van der Waals surface area contributed by atoms with Gasteiger partial charge in [0, 0.05) is 12.0 Å². The van der Waals surface area contributed by atoms with Crippen molar-refractivity contribution in [3.63, 3.8) is 0 Å². The number of carbonyl (C=O) groups is 5. The molecule has 0 saturated carbocycles. The highest BCUT2D eigenvalue weighted by Crippen LogP contribution is 2.28. The van der Waals surface area contributed by atoms with Gasteiger partial charge in [-0.1, -0.05) is 23.8 Å². The molecule has 2 aliphatic rings. The van der Waals surface area contributed by atoms with E-state index in [2.05, 4.69) is 5.32 Å². The van der Waals surface area contributed by atoms with Crippen molar-refractivity contribution in [3.05, 3.63) is 64.7 Å². The number of rotatable bonds is 9. The monoisotopic (exact) mass is 514 g/mol. The molecule has 4 amide bonds. The predicted octanol–water partition coefficient (Wildman–Crippen LogP) is 1.00. The third-order valence-corrected chi connectivity index (χ3v) is 7.10. The minimum Gasteiger partial charge on any atom is -0.371 e. The van der Waals surface area contributed by atoms with E-state index in [1.54, 1.807) is 12.1 Å². The molecule has 0 aromatic heterocycles. The molecule has 2 heterocycles. The Labute approximate surface area is 206 Å². The average molecular weight is 515 g/mol. The predicted molar refractivity (Wildman–Crippen MR) is 123 cm³/mol. The van der Waals surface area contributed by atoms with Crippen LogP contribution in [0.15, 0.2) is 47.4 Å². The van der Waals surface area contributed by atoms with E-state index in [4.69, 9.17) is 8.92 Å². The van der Waals surface area contributed by atoms with E-state index in [-0.39, 0.29) is 47.6 Å². The highest BCUT2D eigenvalue weighted by atomic mass is 32.2. The summed E-state index contributed by atoms with van der Waals surface area (Å²) in [6.45, 7) is 0.932. The van der Waals surface area contributed by atoms with Crippen molar-refractivity contribution in [2.24, 2.45) is 0 Å². The third kappa shape index (κ3) is 5.10. The summed E-state index contributed by atoms with van der Waals surface area (Å²) in [5.74, 6) is -3.10. The molecular formula is C24H22N2O9S. The maximum Gasteiger partial charge on any atom is 0.297 e. The maximum absolute atomic E-state index is 12.9. The summed E-state index contributed by atoms with van der Waals surface area (Å²) < 4.78 is 34.4.